The summed E-state index contributed by atoms with van der Waals surface area (Å²) in [5.74, 6) is -7.02. The number of non-ortho nitro benzene ring substituents is 1. The number of carbonyl (C=O) groups is 8. The Kier molecular flexibility index (Phi) is 22.6. The van der Waals surface area contributed by atoms with Gasteiger partial charge in [0.2, 0.25) is 23.6 Å². The summed E-state index contributed by atoms with van der Waals surface area (Å²) in [6.07, 6.45) is -1.65. The molecule has 400 valence electrons. The summed E-state index contributed by atoms with van der Waals surface area (Å²) >= 11 is 6.14. The van der Waals surface area contributed by atoms with E-state index >= 15 is 0 Å². The number of allylic oxidation sites excluding steroid dienone is 1. The number of cyclic esters (lactones) is 2. The van der Waals surface area contributed by atoms with Gasteiger partial charge in [-0.2, -0.15) is 0 Å². The normalized spacial score (nSPS) is 25.0. The molecule has 20 nitrogen and oxygen atoms in total. The van der Waals surface area contributed by atoms with E-state index in [1.165, 1.54) is 60.0 Å². The van der Waals surface area contributed by atoms with E-state index in [1.54, 1.807) is 71.9 Å². The standard InChI is InChI=1S/C52H71ClN6O14/c1-14-30(5)43-46(62)56-52(10,11)50(66)73-44(31(6)15-2)33(8)40(72-51(67)70-38-23-21-37(22-24-38)59(68)69)25-16-32(7)49(65)71-41(26-29(3)4)45(61)54-34(9)47(63)58(13)39(27-35-17-19-36(53)20-18-35)48(64)57(12)28-42(60)55-43/h15-24,29-30,33-34,39-41,43-44H,14,25-28H2,1-13H3,(H,54,61)(H,55,60)(H,56,62)/b31-15+,32-16+/t30?,33-,34-,39+,40-,41+,43-,44+/m0/s1. The van der Waals surface area contributed by atoms with E-state index in [0.29, 0.717) is 22.6 Å². The van der Waals surface area contributed by atoms with Crippen molar-refractivity contribution in [3.63, 3.8) is 0 Å². The molecule has 1 aliphatic rings. The largest absolute Gasteiger partial charge is 0.514 e. The van der Waals surface area contributed by atoms with Gasteiger partial charge in [-0.3, -0.25) is 34.1 Å². The van der Waals surface area contributed by atoms with Crippen LogP contribution in [-0.2, 0) is 54.2 Å². The monoisotopic (exact) mass is 1040 g/mol. The highest BCUT2D eigenvalue weighted by Crippen LogP contribution is 2.28. The first-order valence-electron chi connectivity index (χ1n) is 24.1. The Balaban J connectivity index is 2.17. The lowest BCUT2D eigenvalue weighted by Crippen LogP contribution is -2.60. The molecule has 2 aromatic carbocycles. The van der Waals surface area contributed by atoms with Gasteiger partial charge in [0.05, 0.1) is 11.5 Å². The number of halogens is 1. The molecule has 3 rings (SSSR count). The van der Waals surface area contributed by atoms with Crippen molar-refractivity contribution in [2.75, 3.05) is 20.6 Å². The lowest BCUT2D eigenvalue weighted by Gasteiger charge is -2.35. The van der Waals surface area contributed by atoms with Gasteiger partial charge < -0.3 is 44.7 Å². The zero-order valence-corrected chi connectivity index (χ0v) is 44.7. The van der Waals surface area contributed by atoms with Crippen LogP contribution in [0.5, 0.6) is 5.75 Å². The predicted molar refractivity (Wildman–Crippen MR) is 271 cm³/mol. The summed E-state index contributed by atoms with van der Waals surface area (Å²) in [6.45, 7) is 17.3. The highest BCUT2D eigenvalue weighted by molar-refractivity contribution is 6.30. The molecule has 21 heteroatoms. The fraction of sp³-hybridized carbons (Fsp3) is 0.538. The van der Waals surface area contributed by atoms with Crippen molar-refractivity contribution in [3.8, 4) is 5.75 Å². The smallest absolute Gasteiger partial charge is 0.456 e. The Morgan fingerprint density at radius 1 is 0.945 bits per heavy atom. The molecule has 0 aliphatic carbocycles. The molecule has 3 N–H and O–H groups in total. The molecule has 0 saturated carbocycles. The van der Waals surface area contributed by atoms with Crippen LogP contribution in [0.25, 0.3) is 0 Å². The molecular formula is C52H71ClN6O14. The fourth-order valence-corrected chi connectivity index (χ4v) is 7.81. The number of likely N-dealkylation sites (N-methyl/N-ethyl adjacent to an activating group) is 2. The third-order valence-corrected chi connectivity index (χ3v) is 12.8. The van der Waals surface area contributed by atoms with Crippen molar-refractivity contribution >= 4 is 64.9 Å². The van der Waals surface area contributed by atoms with Gasteiger partial charge in [-0.25, -0.2) is 14.4 Å². The summed E-state index contributed by atoms with van der Waals surface area (Å²) in [4.78, 5) is 125. The first-order chi connectivity index (χ1) is 34.1. The van der Waals surface area contributed by atoms with Crippen LogP contribution >= 0.6 is 11.6 Å². The van der Waals surface area contributed by atoms with Crippen molar-refractivity contribution < 1.29 is 62.2 Å². The van der Waals surface area contributed by atoms with Crippen molar-refractivity contribution in [1.82, 2.24) is 25.8 Å². The summed E-state index contributed by atoms with van der Waals surface area (Å²) in [6, 6.07) is 7.62. The number of ether oxygens (including phenoxy) is 4. The van der Waals surface area contributed by atoms with Crippen LogP contribution in [0.1, 0.15) is 101 Å². The maximum Gasteiger partial charge on any atom is 0.514 e. The average Bonchev–Trinajstić information content (AvgIpc) is 3.33. The number of amides is 5. The number of rotatable bonds is 10. The molecule has 73 heavy (non-hydrogen) atoms. The molecular weight excluding hydrogens is 968 g/mol. The minimum absolute atomic E-state index is 0.00726. The Labute approximate surface area is 432 Å². The van der Waals surface area contributed by atoms with Gasteiger partial charge in [0.25, 0.3) is 11.6 Å². The summed E-state index contributed by atoms with van der Waals surface area (Å²) in [5.41, 5.74) is -0.856. The van der Waals surface area contributed by atoms with Crippen molar-refractivity contribution in [1.29, 1.82) is 0 Å². The summed E-state index contributed by atoms with van der Waals surface area (Å²) < 4.78 is 23.1. The molecule has 2 aromatic rings. The molecule has 0 saturated heterocycles. The van der Waals surface area contributed by atoms with E-state index < -0.39 is 113 Å². The van der Waals surface area contributed by atoms with Gasteiger partial charge in [-0.05, 0) is 95.2 Å². The first-order valence-corrected chi connectivity index (χ1v) is 24.5. The molecule has 1 heterocycles. The molecule has 8 atom stereocenters. The maximum atomic E-state index is 14.3. The number of hydrogen-bond acceptors (Lipinski definition) is 14. The number of nitro benzene ring substituents is 1. The Morgan fingerprint density at radius 2 is 1.56 bits per heavy atom. The second kappa shape index (κ2) is 27.3. The lowest BCUT2D eigenvalue weighted by molar-refractivity contribution is -0.384. The van der Waals surface area contributed by atoms with Crippen LogP contribution < -0.4 is 20.7 Å². The zero-order valence-electron chi connectivity index (χ0n) is 43.9. The molecule has 0 fully saturated rings. The van der Waals surface area contributed by atoms with Gasteiger partial charge in [0.1, 0.15) is 41.6 Å². The number of nitrogens with one attached hydrogen (secondary N) is 3. The summed E-state index contributed by atoms with van der Waals surface area (Å²) in [7, 11) is 2.76. The minimum Gasteiger partial charge on any atom is -0.456 e. The predicted octanol–water partition coefficient (Wildman–Crippen LogP) is 6.41. The minimum atomic E-state index is -1.73. The SMILES string of the molecule is C/C=C(\C)[C@H]1OC(=O)C(C)(C)NC(=O)[C@H](C(C)CC)NC(=O)CN(C)C(=O)[C@@H](Cc2ccc(Cl)cc2)N(C)C(=O)[C@H](C)NC(=O)[C@@H](CC(C)C)OC(=O)/C(C)=C/C[C@H](OC(=O)Oc2ccc([N+](=O)[O-])cc2)[C@@H]1C. The van der Waals surface area contributed by atoms with E-state index in [2.05, 4.69) is 16.0 Å². The number of benzene rings is 2. The molecule has 0 aromatic heterocycles. The second-order valence-corrected chi connectivity index (χ2v) is 19.8. The van der Waals surface area contributed by atoms with E-state index in [1.807, 2.05) is 6.92 Å². The van der Waals surface area contributed by atoms with Crippen LogP contribution in [-0.4, -0.2) is 125 Å². The third-order valence-electron chi connectivity index (χ3n) is 12.6. The highest BCUT2D eigenvalue weighted by atomic mass is 35.5. The van der Waals surface area contributed by atoms with E-state index in [-0.39, 0.29) is 42.2 Å². The lowest BCUT2D eigenvalue weighted by atomic mass is 9.90. The number of carbonyl (C=O) groups excluding carboxylic acids is 8. The zero-order chi connectivity index (χ0) is 55.1. The molecule has 0 radical (unpaired) electrons. The quantitative estimate of drug-likeness (QED) is 0.0580. The number of nitrogens with zero attached hydrogens (tertiary/aromatic N) is 3. The average molecular weight is 1040 g/mol. The van der Waals surface area contributed by atoms with Crippen LogP contribution in [0.15, 0.2) is 71.8 Å². The van der Waals surface area contributed by atoms with Gasteiger partial charge >= 0.3 is 18.1 Å². The summed E-state index contributed by atoms with van der Waals surface area (Å²) in [5, 5.41) is 19.7. The first kappa shape index (κ1) is 60.5. The van der Waals surface area contributed by atoms with E-state index in [4.69, 9.17) is 30.5 Å². The number of esters is 2. The molecule has 5 amide bonds. The van der Waals surface area contributed by atoms with Gasteiger partial charge in [0, 0.05) is 55.6 Å². The third kappa shape index (κ3) is 17.7. The fourth-order valence-electron chi connectivity index (χ4n) is 7.69. The van der Waals surface area contributed by atoms with Crippen molar-refractivity contribution in [2.45, 2.75) is 144 Å². The number of nitro groups is 1. The van der Waals surface area contributed by atoms with Crippen molar-refractivity contribution in [3.05, 3.63) is 92.5 Å². The molecule has 0 spiro atoms. The number of hydrogen-bond donors (Lipinski definition) is 3. The Hall–Kier alpha value is -6.83. The Morgan fingerprint density at radius 3 is 2.12 bits per heavy atom. The van der Waals surface area contributed by atoms with Gasteiger partial charge in [0.15, 0.2) is 6.10 Å². The van der Waals surface area contributed by atoms with E-state index in [9.17, 15) is 48.5 Å². The van der Waals surface area contributed by atoms with E-state index in [0.717, 1.165) is 21.9 Å². The topological polar surface area (TPSA) is 259 Å². The maximum absolute atomic E-state index is 14.3. The van der Waals surface area contributed by atoms with Gasteiger partial charge in [-0.1, -0.05) is 76.9 Å². The van der Waals surface area contributed by atoms with Crippen molar-refractivity contribution in [2.24, 2.45) is 17.8 Å². The second-order valence-electron chi connectivity index (χ2n) is 19.4. The van der Waals surface area contributed by atoms with Crippen LogP contribution in [0.4, 0.5) is 10.5 Å². The Bertz CT molecular complexity index is 2390. The molecule has 1 aliphatic heterocycles. The van der Waals surface area contributed by atoms with Crippen LogP contribution in [0.3, 0.4) is 0 Å². The molecule has 1 unspecified atom stereocenters. The molecule has 0 bridgehead atoms. The van der Waals surface area contributed by atoms with Crippen LogP contribution in [0.2, 0.25) is 5.02 Å². The highest BCUT2D eigenvalue weighted by Gasteiger charge is 2.41. The van der Waals surface area contributed by atoms with Gasteiger partial charge in [-0.15, -0.1) is 0 Å². The van der Waals surface area contributed by atoms with Crippen LogP contribution in [0, 0.1) is 27.9 Å².